The third-order valence-corrected chi connectivity index (χ3v) is 6.30. The fourth-order valence-electron chi connectivity index (χ4n) is 4.11. The third kappa shape index (κ3) is 7.03. The summed E-state index contributed by atoms with van der Waals surface area (Å²) < 4.78 is 6.35. The Balaban J connectivity index is 1.83. The zero-order valence-corrected chi connectivity index (χ0v) is 21.7. The molecule has 0 unspecified atom stereocenters. The first kappa shape index (κ1) is 27.1. The molecule has 1 amide bonds. The van der Waals surface area contributed by atoms with Gasteiger partial charge >= 0.3 is 0 Å². The van der Waals surface area contributed by atoms with E-state index in [1.807, 2.05) is 73.3 Å². The summed E-state index contributed by atoms with van der Waals surface area (Å²) in [6, 6.07) is 18.3. The van der Waals surface area contributed by atoms with Crippen LogP contribution in [0.2, 0.25) is 0 Å². The number of hydrogen-bond acceptors (Lipinski definition) is 5. The van der Waals surface area contributed by atoms with Crippen LogP contribution >= 0.6 is 0 Å². The van der Waals surface area contributed by atoms with E-state index in [1.165, 1.54) is 0 Å². The topological polar surface area (TPSA) is 57.2 Å². The van der Waals surface area contributed by atoms with Crippen molar-refractivity contribution in [3.8, 4) is 0 Å². The molecule has 0 saturated carbocycles. The number of benzene rings is 2. The van der Waals surface area contributed by atoms with E-state index in [0.717, 1.165) is 47.6 Å². The fraction of sp³-hybridized carbons (Fsp3) is 0.333. The predicted octanol–water partition coefficient (Wildman–Crippen LogP) is 5.27. The number of anilines is 1. The second-order valence-electron chi connectivity index (χ2n) is 8.83. The van der Waals surface area contributed by atoms with Gasteiger partial charge in [-0.25, -0.2) is 0 Å². The molecule has 36 heavy (non-hydrogen) atoms. The maximum absolute atomic E-state index is 13.7. The number of nitrogens with one attached hydrogen (secondary N) is 1. The lowest BCUT2D eigenvalue weighted by molar-refractivity contribution is -0.114. The summed E-state index contributed by atoms with van der Waals surface area (Å²) in [6.07, 6.45) is 4.93. The molecule has 1 N–H and O–H groups in total. The van der Waals surface area contributed by atoms with Crippen molar-refractivity contribution in [2.45, 2.75) is 32.5 Å². The molecule has 0 aromatic heterocycles. The zero-order valence-electron chi connectivity index (χ0n) is 21.7. The second-order valence-corrected chi connectivity index (χ2v) is 8.83. The largest absolute Gasteiger partial charge is 0.372 e. The number of likely N-dealkylation sites (N-methyl/N-ethyl adjacent to an activating group) is 1. The van der Waals surface area contributed by atoms with E-state index in [9.17, 15) is 4.79 Å². The van der Waals surface area contributed by atoms with E-state index >= 15 is 0 Å². The molecule has 0 radical (unpaired) electrons. The van der Waals surface area contributed by atoms with E-state index < -0.39 is 0 Å². The number of rotatable bonds is 12. The van der Waals surface area contributed by atoms with Crippen LogP contribution in [0.3, 0.4) is 0 Å². The van der Waals surface area contributed by atoms with Gasteiger partial charge in [0.25, 0.3) is 5.91 Å². The van der Waals surface area contributed by atoms with Gasteiger partial charge in [-0.1, -0.05) is 62.5 Å². The number of hydrogen-bond donors (Lipinski definition) is 1. The predicted molar refractivity (Wildman–Crippen MR) is 149 cm³/mol. The van der Waals surface area contributed by atoms with Crippen LogP contribution in [0.5, 0.6) is 0 Å². The standard InChI is InChI=1S/C30H38N4O2/c1-6-23(3)32-21-27-28(7-2)33(5)18-19-34(30(27)35)26-15-11-12-24(20-26)22-36-29(16-17-31-4)25-13-9-8-10-14-25/h7-15,20-21,29,31H,2-3,6,16-19,22H2,1,4-5H3/t29-/m1/s1. The minimum Gasteiger partial charge on any atom is -0.372 e. The molecule has 6 nitrogen and oxygen atoms in total. The number of carbonyl (C=O) groups excluding carboxylic acids is 1. The number of ether oxygens (including phenoxy) is 1. The molecule has 1 aliphatic heterocycles. The molecular weight excluding hydrogens is 448 g/mol. The van der Waals surface area contributed by atoms with Gasteiger partial charge in [-0.15, -0.1) is 0 Å². The average molecular weight is 487 g/mol. The first-order chi connectivity index (χ1) is 17.5. The Bertz CT molecular complexity index is 1110. The Morgan fingerprint density at radius 1 is 1.19 bits per heavy atom. The van der Waals surface area contributed by atoms with Crippen LogP contribution in [-0.2, 0) is 16.1 Å². The molecule has 0 spiro atoms. The van der Waals surface area contributed by atoms with Gasteiger partial charge in [-0.3, -0.25) is 9.79 Å². The lowest BCUT2D eigenvalue weighted by Crippen LogP contribution is -2.34. The summed E-state index contributed by atoms with van der Waals surface area (Å²) in [5, 5.41) is 3.21. The monoisotopic (exact) mass is 486 g/mol. The molecule has 2 aromatic carbocycles. The molecule has 0 fully saturated rings. The van der Waals surface area contributed by atoms with Gasteiger partial charge in [0.05, 0.1) is 24.0 Å². The van der Waals surface area contributed by atoms with Crippen LogP contribution in [0, 0.1) is 0 Å². The van der Waals surface area contributed by atoms with Crippen molar-refractivity contribution in [2.75, 3.05) is 38.6 Å². The second kappa shape index (κ2) is 13.6. The third-order valence-electron chi connectivity index (χ3n) is 6.30. The van der Waals surface area contributed by atoms with E-state index in [2.05, 4.69) is 35.6 Å². The highest BCUT2D eigenvalue weighted by molar-refractivity contribution is 6.20. The van der Waals surface area contributed by atoms with Crippen molar-refractivity contribution in [2.24, 2.45) is 4.99 Å². The molecule has 6 heteroatoms. The number of allylic oxidation sites excluding steroid dienone is 2. The van der Waals surface area contributed by atoms with Crippen molar-refractivity contribution < 1.29 is 9.53 Å². The lowest BCUT2D eigenvalue weighted by atomic mass is 10.1. The Morgan fingerprint density at radius 2 is 1.97 bits per heavy atom. The highest BCUT2D eigenvalue weighted by atomic mass is 16.5. The highest BCUT2D eigenvalue weighted by Crippen LogP contribution is 2.26. The van der Waals surface area contributed by atoms with Crippen molar-refractivity contribution in [1.29, 1.82) is 0 Å². The van der Waals surface area contributed by atoms with Gasteiger partial charge < -0.3 is 19.9 Å². The molecule has 1 aliphatic rings. The minimum atomic E-state index is -0.101. The molecule has 0 aliphatic carbocycles. The highest BCUT2D eigenvalue weighted by Gasteiger charge is 2.27. The van der Waals surface area contributed by atoms with Gasteiger partial charge in [0.2, 0.25) is 0 Å². The molecular formula is C30H38N4O2. The van der Waals surface area contributed by atoms with E-state index in [0.29, 0.717) is 25.3 Å². The molecule has 0 saturated heterocycles. The van der Waals surface area contributed by atoms with Crippen LogP contribution in [0.15, 0.2) is 95.8 Å². The van der Waals surface area contributed by atoms with Crippen LogP contribution in [0.1, 0.15) is 37.0 Å². The average Bonchev–Trinajstić information content (AvgIpc) is 3.03. The van der Waals surface area contributed by atoms with E-state index in [-0.39, 0.29) is 12.0 Å². The van der Waals surface area contributed by atoms with Crippen molar-refractivity contribution in [3.63, 3.8) is 0 Å². The number of aliphatic imine (C=N–C) groups is 1. The van der Waals surface area contributed by atoms with Crippen molar-refractivity contribution >= 4 is 17.8 Å². The van der Waals surface area contributed by atoms with Crippen LogP contribution < -0.4 is 10.2 Å². The summed E-state index contributed by atoms with van der Waals surface area (Å²) in [5.41, 5.74) is 5.02. The van der Waals surface area contributed by atoms with Gasteiger partial charge in [-0.05, 0) is 55.8 Å². The van der Waals surface area contributed by atoms with Gasteiger partial charge in [-0.2, -0.15) is 0 Å². The quantitative estimate of drug-likeness (QED) is 0.416. The summed E-state index contributed by atoms with van der Waals surface area (Å²) in [6.45, 7) is 12.4. The normalized spacial score (nSPS) is 15.4. The Hall–Kier alpha value is -3.48. The molecule has 1 atom stereocenters. The maximum atomic E-state index is 13.7. The molecule has 3 rings (SSSR count). The molecule has 2 aromatic rings. The lowest BCUT2D eigenvalue weighted by Gasteiger charge is -2.23. The van der Waals surface area contributed by atoms with Crippen molar-refractivity contribution in [3.05, 3.63) is 102 Å². The smallest absolute Gasteiger partial charge is 0.262 e. The van der Waals surface area contributed by atoms with Gasteiger partial charge in [0.1, 0.15) is 0 Å². The van der Waals surface area contributed by atoms with Crippen LogP contribution in [-0.4, -0.2) is 50.8 Å². The summed E-state index contributed by atoms with van der Waals surface area (Å²) in [5.74, 6) is -0.101. The Labute approximate surface area is 215 Å². The maximum Gasteiger partial charge on any atom is 0.262 e. The molecule has 190 valence electrons. The van der Waals surface area contributed by atoms with Crippen molar-refractivity contribution in [1.82, 2.24) is 10.2 Å². The summed E-state index contributed by atoms with van der Waals surface area (Å²) in [7, 11) is 3.92. The van der Waals surface area contributed by atoms with E-state index in [4.69, 9.17) is 4.74 Å². The van der Waals surface area contributed by atoms with Crippen LogP contribution in [0.4, 0.5) is 5.69 Å². The molecule has 1 heterocycles. The SMILES string of the molecule is C=CC1=C(C=NC(=C)CC)C(=O)N(c2cccc(CO[C@H](CCNC)c3ccccc3)c2)CCN1C. The van der Waals surface area contributed by atoms with Gasteiger partial charge in [0, 0.05) is 37.7 Å². The number of carbonyl (C=O) groups is 1. The zero-order chi connectivity index (χ0) is 25.9. The number of nitrogens with zero attached hydrogens (tertiary/aromatic N) is 3. The van der Waals surface area contributed by atoms with E-state index in [1.54, 1.807) is 12.3 Å². The fourth-order valence-corrected chi connectivity index (χ4v) is 4.11. The summed E-state index contributed by atoms with van der Waals surface area (Å²) >= 11 is 0. The Morgan fingerprint density at radius 3 is 2.67 bits per heavy atom. The van der Waals surface area contributed by atoms with Gasteiger partial charge in [0.15, 0.2) is 0 Å². The number of amides is 1. The molecule has 0 bridgehead atoms. The first-order valence-electron chi connectivity index (χ1n) is 12.5. The minimum absolute atomic E-state index is 0.0108. The summed E-state index contributed by atoms with van der Waals surface area (Å²) in [4.78, 5) is 21.9. The Kier molecular flexibility index (Phi) is 10.2. The van der Waals surface area contributed by atoms with Crippen LogP contribution in [0.25, 0.3) is 0 Å². The first-order valence-corrected chi connectivity index (χ1v) is 12.5.